The molecule has 0 aliphatic heterocycles. The molecule has 0 aliphatic rings. The highest BCUT2D eigenvalue weighted by atomic mass is 19.1. The van der Waals surface area contributed by atoms with Crippen LogP contribution in [0.15, 0.2) is 29.0 Å². The molecule has 0 aliphatic carbocycles. The minimum atomic E-state index is -0.623. The second-order valence-electron chi connectivity index (χ2n) is 6.10. The number of halogens is 1. The minimum absolute atomic E-state index is 0.0114. The number of amides is 2. The highest BCUT2D eigenvalue weighted by molar-refractivity contribution is 5.91. The Morgan fingerprint density at radius 2 is 2.04 bits per heavy atom. The fraction of sp³-hybridized carbons (Fsp3) is 0.375. The highest BCUT2D eigenvalue weighted by Crippen LogP contribution is 2.08. The number of carbonyl (C=O) groups is 2. The largest absolute Gasteiger partial charge is 0.446 e. The third-order valence-electron chi connectivity index (χ3n) is 2.82. The molecule has 8 nitrogen and oxygen atoms in total. The summed E-state index contributed by atoms with van der Waals surface area (Å²) in [5.41, 5.74) is -0.490. The molecule has 0 bridgehead atoms. The molecule has 9 heteroatoms. The molecule has 0 radical (unpaired) electrons. The number of oxazole rings is 1. The molecule has 134 valence electrons. The topological polar surface area (TPSA) is 106 Å². The Morgan fingerprint density at radius 3 is 2.72 bits per heavy atom. The summed E-state index contributed by atoms with van der Waals surface area (Å²) >= 11 is 0. The van der Waals surface area contributed by atoms with Crippen LogP contribution in [-0.2, 0) is 17.8 Å². The summed E-state index contributed by atoms with van der Waals surface area (Å²) in [5, 5.41) is 4.95. The van der Waals surface area contributed by atoms with Crippen LogP contribution in [0, 0.1) is 5.82 Å². The van der Waals surface area contributed by atoms with Crippen molar-refractivity contribution in [3.63, 3.8) is 0 Å². The van der Waals surface area contributed by atoms with Gasteiger partial charge in [0.05, 0.1) is 18.8 Å². The fourth-order valence-corrected chi connectivity index (χ4v) is 1.76. The third-order valence-corrected chi connectivity index (χ3v) is 2.82. The zero-order valence-electron chi connectivity index (χ0n) is 14.1. The maximum atomic E-state index is 13.4. The summed E-state index contributed by atoms with van der Waals surface area (Å²) in [6.45, 7) is 5.11. The zero-order chi connectivity index (χ0) is 18.4. The Hall–Kier alpha value is -2.97. The molecule has 0 saturated heterocycles. The van der Waals surface area contributed by atoms with Gasteiger partial charge < -0.3 is 19.8 Å². The number of hydrogen-bond acceptors (Lipinski definition) is 6. The van der Waals surface area contributed by atoms with Crippen LogP contribution in [0.5, 0.6) is 0 Å². The molecule has 25 heavy (non-hydrogen) atoms. The molecule has 0 fully saturated rings. The van der Waals surface area contributed by atoms with E-state index in [2.05, 4.69) is 20.6 Å². The lowest BCUT2D eigenvalue weighted by atomic mass is 10.2. The molecule has 2 aromatic rings. The molecule has 2 N–H and O–H groups in total. The second kappa shape index (κ2) is 7.73. The lowest BCUT2D eigenvalue weighted by molar-refractivity contribution is 0.0518. The summed E-state index contributed by atoms with van der Waals surface area (Å²) in [6.07, 6.45) is 1.96. The molecule has 0 atom stereocenters. The van der Waals surface area contributed by atoms with E-state index in [4.69, 9.17) is 9.15 Å². The molecule has 2 amide bonds. The first-order valence-corrected chi connectivity index (χ1v) is 7.53. The van der Waals surface area contributed by atoms with E-state index < -0.39 is 23.4 Å². The summed E-state index contributed by atoms with van der Waals surface area (Å²) in [5.74, 6) is -0.914. The summed E-state index contributed by atoms with van der Waals surface area (Å²) in [4.78, 5) is 31.3. The van der Waals surface area contributed by atoms with Crippen LogP contribution in [0.25, 0.3) is 0 Å². The fourth-order valence-electron chi connectivity index (χ4n) is 1.76. The average Bonchev–Trinajstić information content (AvgIpc) is 2.99. The van der Waals surface area contributed by atoms with E-state index in [1.54, 1.807) is 20.8 Å². The second-order valence-corrected chi connectivity index (χ2v) is 6.10. The first kappa shape index (κ1) is 18.4. The maximum Gasteiger partial charge on any atom is 0.408 e. The number of rotatable bonds is 5. The summed E-state index contributed by atoms with van der Waals surface area (Å²) in [6, 6.07) is 2.72. The van der Waals surface area contributed by atoms with Gasteiger partial charge in [0, 0.05) is 6.20 Å². The van der Waals surface area contributed by atoms with Crippen molar-refractivity contribution in [1.82, 2.24) is 20.6 Å². The van der Waals surface area contributed by atoms with Crippen molar-refractivity contribution in [3.8, 4) is 0 Å². The number of hydrogen-bond donors (Lipinski definition) is 2. The summed E-state index contributed by atoms with van der Waals surface area (Å²) in [7, 11) is 0. The minimum Gasteiger partial charge on any atom is -0.446 e. The van der Waals surface area contributed by atoms with Crippen LogP contribution in [0.1, 0.15) is 42.8 Å². The molecule has 0 aromatic carbocycles. The third kappa shape index (κ3) is 5.87. The van der Waals surface area contributed by atoms with Crippen molar-refractivity contribution in [2.75, 3.05) is 0 Å². The van der Waals surface area contributed by atoms with Crippen molar-refractivity contribution in [1.29, 1.82) is 0 Å². The number of ether oxygens (including phenoxy) is 1. The standard InChI is InChI=1S/C16H19FN4O4/c1-16(2,3)25-15(23)20-8-13-21-12(9-24-13)14(22)19-7-11-10(17)5-4-6-18-11/h4-6,9H,7-8H2,1-3H3,(H,19,22)(H,20,23). The van der Waals surface area contributed by atoms with Gasteiger partial charge in [0.2, 0.25) is 5.89 Å². The zero-order valence-corrected chi connectivity index (χ0v) is 14.1. The Balaban J connectivity index is 1.85. The highest BCUT2D eigenvalue weighted by Gasteiger charge is 2.17. The number of nitrogens with one attached hydrogen (secondary N) is 2. The van der Waals surface area contributed by atoms with E-state index in [9.17, 15) is 14.0 Å². The number of carbonyl (C=O) groups excluding carboxylic acids is 2. The molecular weight excluding hydrogens is 331 g/mol. The molecule has 0 unspecified atom stereocenters. The monoisotopic (exact) mass is 350 g/mol. The Bertz CT molecular complexity index is 755. The maximum absolute atomic E-state index is 13.4. The Morgan fingerprint density at radius 1 is 1.28 bits per heavy atom. The normalized spacial score (nSPS) is 11.0. The Kier molecular flexibility index (Phi) is 5.68. The molecule has 2 rings (SSSR count). The van der Waals surface area contributed by atoms with Crippen molar-refractivity contribution in [3.05, 3.63) is 47.7 Å². The van der Waals surface area contributed by atoms with Gasteiger partial charge in [0.15, 0.2) is 5.69 Å². The number of aromatic nitrogens is 2. The van der Waals surface area contributed by atoms with Gasteiger partial charge in [0.25, 0.3) is 5.91 Å². The van der Waals surface area contributed by atoms with E-state index in [-0.39, 0.29) is 30.4 Å². The molecule has 2 heterocycles. The van der Waals surface area contributed by atoms with Gasteiger partial charge in [-0.05, 0) is 32.9 Å². The molecule has 0 spiro atoms. The van der Waals surface area contributed by atoms with Crippen LogP contribution < -0.4 is 10.6 Å². The summed E-state index contributed by atoms with van der Waals surface area (Å²) < 4.78 is 23.6. The van der Waals surface area contributed by atoms with Crippen LogP contribution in [-0.4, -0.2) is 27.6 Å². The van der Waals surface area contributed by atoms with Crippen molar-refractivity contribution >= 4 is 12.0 Å². The molecule has 0 saturated carbocycles. The van der Waals surface area contributed by atoms with Crippen molar-refractivity contribution in [2.24, 2.45) is 0 Å². The van der Waals surface area contributed by atoms with Gasteiger partial charge in [-0.25, -0.2) is 14.2 Å². The van der Waals surface area contributed by atoms with Gasteiger partial charge in [-0.1, -0.05) is 0 Å². The van der Waals surface area contributed by atoms with Crippen LogP contribution in [0.2, 0.25) is 0 Å². The van der Waals surface area contributed by atoms with Gasteiger partial charge in [-0.3, -0.25) is 9.78 Å². The van der Waals surface area contributed by atoms with E-state index in [1.807, 2.05) is 0 Å². The predicted molar refractivity (Wildman–Crippen MR) is 84.9 cm³/mol. The quantitative estimate of drug-likeness (QED) is 0.856. The smallest absolute Gasteiger partial charge is 0.408 e. The van der Waals surface area contributed by atoms with Gasteiger partial charge in [-0.15, -0.1) is 0 Å². The van der Waals surface area contributed by atoms with Crippen LogP contribution in [0.3, 0.4) is 0 Å². The molecule has 2 aromatic heterocycles. The lowest BCUT2D eigenvalue weighted by Gasteiger charge is -2.19. The van der Waals surface area contributed by atoms with E-state index in [0.717, 1.165) is 6.26 Å². The van der Waals surface area contributed by atoms with Gasteiger partial charge in [-0.2, -0.15) is 0 Å². The lowest BCUT2D eigenvalue weighted by Crippen LogP contribution is -2.32. The molecular formula is C16H19FN4O4. The van der Waals surface area contributed by atoms with Gasteiger partial charge in [0.1, 0.15) is 17.7 Å². The van der Waals surface area contributed by atoms with E-state index in [1.165, 1.54) is 18.3 Å². The first-order chi connectivity index (χ1) is 11.7. The van der Waals surface area contributed by atoms with Crippen molar-refractivity contribution < 1.29 is 23.1 Å². The van der Waals surface area contributed by atoms with Crippen molar-refractivity contribution in [2.45, 2.75) is 39.5 Å². The van der Waals surface area contributed by atoms with Gasteiger partial charge >= 0.3 is 6.09 Å². The van der Waals surface area contributed by atoms with Crippen LogP contribution >= 0.6 is 0 Å². The SMILES string of the molecule is CC(C)(C)OC(=O)NCc1nc(C(=O)NCc2ncccc2F)co1. The first-order valence-electron chi connectivity index (χ1n) is 7.53. The number of nitrogens with zero attached hydrogens (tertiary/aromatic N) is 2. The Labute approximate surface area is 143 Å². The van der Waals surface area contributed by atoms with E-state index >= 15 is 0 Å². The average molecular weight is 350 g/mol. The predicted octanol–water partition coefficient (Wildman–Crippen LogP) is 2.16. The number of pyridine rings is 1. The number of alkyl carbamates (subject to hydrolysis) is 1. The van der Waals surface area contributed by atoms with Crippen LogP contribution in [0.4, 0.5) is 9.18 Å². The van der Waals surface area contributed by atoms with E-state index in [0.29, 0.717) is 0 Å².